The zero-order chi connectivity index (χ0) is 16.9. The molecule has 1 aliphatic rings. The molecule has 0 unspecified atom stereocenters. The Morgan fingerprint density at radius 3 is 2.71 bits per heavy atom. The molecule has 2 amide bonds. The van der Waals surface area contributed by atoms with Gasteiger partial charge in [0.25, 0.3) is 5.91 Å². The minimum absolute atomic E-state index is 0.0119. The maximum absolute atomic E-state index is 12.9. The van der Waals surface area contributed by atoms with Crippen LogP contribution in [0.15, 0.2) is 36.7 Å². The van der Waals surface area contributed by atoms with Crippen molar-refractivity contribution in [1.29, 1.82) is 0 Å². The second kappa shape index (κ2) is 7.57. The maximum Gasteiger partial charge on any atom is 0.268 e. The van der Waals surface area contributed by atoms with E-state index in [0.717, 1.165) is 30.6 Å². The predicted molar refractivity (Wildman–Crippen MR) is 95.4 cm³/mol. The summed E-state index contributed by atoms with van der Waals surface area (Å²) in [5, 5.41) is 3.04. The molecule has 1 N–H and O–H groups in total. The van der Waals surface area contributed by atoms with Gasteiger partial charge in [0.05, 0.1) is 16.8 Å². The minimum atomic E-state index is -0.164. The quantitative estimate of drug-likeness (QED) is 0.907. The number of rotatable bonds is 5. The van der Waals surface area contributed by atoms with Gasteiger partial charge in [0.1, 0.15) is 6.54 Å². The van der Waals surface area contributed by atoms with E-state index < -0.39 is 0 Å². The first-order chi connectivity index (χ1) is 11.6. The lowest BCUT2D eigenvalue weighted by Gasteiger charge is -2.22. The van der Waals surface area contributed by atoms with E-state index in [4.69, 9.17) is 0 Å². The summed E-state index contributed by atoms with van der Waals surface area (Å²) >= 11 is 1.44. The van der Waals surface area contributed by atoms with Crippen molar-refractivity contribution in [3.05, 3.63) is 46.4 Å². The third-order valence-corrected chi connectivity index (χ3v) is 5.16. The Balaban J connectivity index is 1.77. The molecular weight excluding hydrogens is 322 g/mol. The molecule has 24 heavy (non-hydrogen) atoms. The second-order valence-electron chi connectivity index (χ2n) is 6.06. The molecule has 6 heteroatoms. The number of carbonyl (C=O) groups excluding carboxylic acids is 2. The van der Waals surface area contributed by atoms with Gasteiger partial charge in [-0.25, -0.2) is 0 Å². The molecule has 2 aromatic heterocycles. The topological polar surface area (TPSA) is 62.3 Å². The average Bonchev–Trinajstić information content (AvgIpc) is 3.24. The molecule has 1 aliphatic carbocycles. The first kappa shape index (κ1) is 16.6. The number of aromatic nitrogens is 1. The Morgan fingerprint density at radius 2 is 2.08 bits per heavy atom. The van der Waals surface area contributed by atoms with E-state index in [9.17, 15) is 9.59 Å². The highest BCUT2D eigenvalue weighted by Gasteiger charge is 2.24. The lowest BCUT2D eigenvalue weighted by atomic mass is 10.2. The van der Waals surface area contributed by atoms with E-state index in [-0.39, 0.29) is 24.4 Å². The van der Waals surface area contributed by atoms with Crippen LogP contribution in [0.3, 0.4) is 0 Å². The third kappa shape index (κ3) is 4.00. The monoisotopic (exact) mass is 343 g/mol. The van der Waals surface area contributed by atoms with Crippen LogP contribution in [0.25, 0.3) is 0 Å². The summed E-state index contributed by atoms with van der Waals surface area (Å²) in [6.07, 6.45) is 7.63. The van der Waals surface area contributed by atoms with E-state index in [1.54, 1.807) is 30.6 Å². The summed E-state index contributed by atoms with van der Waals surface area (Å²) in [4.78, 5) is 32.5. The summed E-state index contributed by atoms with van der Waals surface area (Å²) in [7, 11) is 0. The molecule has 0 radical (unpaired) electrons. The zero-order valence-corrected chi connectivity index (χ0v) is 14.5. The van der Waals surface area contributed by atoms with Crippen molar-refractivity contribution in [2.45, 2.75) is 38.6 Å². The fourth-order valence-corrected chi connectivity index (χ4v) is 3.78. The van der Waals surface area contributed by atoms with Crippen molar-refractivity contribution in [2.75, 3.05) is 11.4 Å². The molecule has 0 aliphatic heterocycles. The molecule has 0 saturated heterocycles. The van der Waals surface area contributed by atoms with Crippen LogP contribution in [0.4, 0.5) is 5.69 Å². The number of nitrogens with zero attached hydrogens (tertiary/aromatic N) is 2. The Bertz CT molecular complexity index is 708. The van der Waals surface area contributed by atoms with Gasteiger partial charge < -0.3 is 5.32 Å². The lowest BCUT2D eigenvalue weighted by molar-refractivity contribution is -0.120. The predicted octanol–water partition coefficient (Wildman–Crippen LogP) is 3.16. The highest BCUT2D eigenvalue weighted by molar-refractivity contribution is 7.14. The standard InChI is InChI=1S/C18H21N3O2S/c1-13-8-9-16(24-13)18(23)21(15-7-4-10-19-11-15)12-17(22)20-14-5-2-3-6-14/h4,7-11,14H,2-3,5-6,12H2,1H3,(H,20,22). The maximum atomic E-state index is 12.9. The zero-order valence-electron chi connectivity index (χ0n) is 13.7. The number of hydrogen-bond donors (Lipinski definition) is 1. The Kier molecular flexibility index (Phi) is 5.25. The number of nitrogens with one attached hydrogen (secondary N) is 1. The molecule has 1 saturated carbocycles. The van der Waals surface area contributed by atoms with Crippen LogP contribution in [-0.4, -0.2) is 29.4 Å². The molecule has 2 aromatic rings. The molecule has 3 rings (SSSR count). The van der Waals surface area contributed by atoms with Crippen LogP contribution < -0.4 is 10.2 Å². The molecular formula is C18H21N3O2S. The number of amides is 2. The van der Waals surface area contributed by atoms with E-state index in [2.05, 4.69) is 10.3 Å². The highest BCUT2D eigenvalue weighted by Crippen LogP contribution is 2.22. The lowest BCUT2D eigenvalue weighted by Crippen LogP contribution is -2.43. The fourth-order valence-electron chi connectivity index (χ4n) is 2.96. The summed E-state index contributed by atoms with van der Waals surface area (Å²) in [6.45, 7) is 1.97. The van der Waals surface area contributed by atoms with Gasteiger partial charge in [0.2, 0.25) is 5.91 Å². The van der Waals surface area contributed by atoms with Crippen LogP contribution in [-0.2, 0) is 4.79 Å². The molecule has 0 bridgehead atoms. The molecule has 0 aromatic carbocycles. The number of anilines is 1. The minimum Gasteiger partial charge on any atom is -0.352 e. The van der Waals surface area contributed by atoms with E-state index in [1.165, 1.54) is 16.2 Å². The third-order valence-electron chi connectivity index (χ3n) is 4.18. The van der Waals surface area contributed by atoms with Gasteiger partial charge in [-0.2, -0.15) is 0 Å². The van der Waals surface area contributed by atoms with Crippen LogP contribution in [0.1, 0.15) is 40.2 Å². The summed E-state index contributed by atoms with van der Waals surface area (Å²) in [5.74, 6) is -0.282. The highest BCUT2D eigenvalue weighted by atomic mass is 32.1. The largest absolute Gasteiger partial charge is 0.352 e. The van der Waals surface area contributed by atoms with Crippen LogP contribution in [0.2, 0.25) is 0 Å². The molecule has 5 nitrogen and oxygen atoms in total. The molecule has 0 spiro atoms. The van der Waals surface area contributed by atoms with Crippen molar-refractivity contribution < 1.29 is 9.59 Å². The molecule has 126 valence electrons. The first-order valence-corrected chi connectivity index (χ1v) is 9.03. The van der Waals surface area contributed by atoms with Gasteiger partial charge in [0, 0.05) is 17.1 Å². The second-order valence-corrected chi connectivity index (χ2v) is 7.35. The Morgan fingerprint density at radius 1 is 1.29 bits per heavy atom. The number of carbonyl (C=O) groups is 2. The normalized spacial score (nSPS) is 14.5. The van der Waals surface area contributed by atoms with Gasteiger partial charge in [0.15, 0.2) is 0 Å². The van der Waals surface area contributed by atoms with Crippen LogP contribution in [0.5, 0.6) is 0 Å². The Hall–Kier alpha value is -2.21. The smallest absolute Gasteiger partial charge is 0.268 e. The van der Waals surface area contributed by atoms with Crippen LogP contribution >= 0.6 is 11.3 Å². The summed E-state index contributed by atoms with van der Waals surface area (Å²) < 4.78 is 0. The average molecular weight is 343 g/mol. The molecule has 1 fully saturated rings. The van der Waals surface area contributed by atoms with Gasteiger partial charge in [-0.3, -0.25) is 19.5 Å². The van der Waals surface area contributed by atoms with Crippen molar-refractivity contribution >= 4 is 28.8 Å². The van der Waals surface area contributed by atoms with Gasteiger partial charge in [-0.15, -0.1) is 11.3 Å². The molecule has 2 heterocycles. The van der Waals surface area contributed by atoms with E-state index >= 15 is 0 Å². The van der Waals surface area contributed by atoms with Crippen molar-refractivity contribution in [3.63, 3.8) is 0 Å². The van der Waals surface area contributed by atoms with E-state index in [1.807, 2.05) is 13.0 Å². The van der Waals surface area contributed by atoms with Crippen molar-refractivity contribution in [1.82, 2.24) is 10.3 Å². The number of aryl methyl sites for hydroxylation is 1. The molecule has 0 atom stereocenters. The van der Waals surface area contributed by atoms with E-state index in [0.29, 0.717) is 10.6 Å². The number of hydrogen-bond acceptors (Lipinski definition) is 4. The van der Waals surface area contributed by atoms with Gasteiger partial charge in [-0.1, -0.05) is 12.8 Å². The Labute approximate surface area is 145 Å². The SMILES string of the molecule is Cc1ccc(C(=O)N(CC(=O)NC2CCCC2)c2cccnc2)s1. The first-order valence-electron chi connectivity index (χ1n) is 8.21. The summed E-state index contributed by atoms with van der Waals surface area (Å²) in [6, 6.07) is 7.53. The fraction of sp³-hybridized carbons (Fsp3) is 0.389. The van der Waals surface area contributed by atoms with Gasteiger partial charge in [-0.05, 0) is 44.0 Å². The van der Waals surface area contributed by atoms with Crippen molar-refractivity contribution in [3.8, 4) is 0 Å². The number of thiophene rings is 1. The number of pyridine rings is 1. The van der Waals surface area contributed by atoms with Crippen molar-refractivity contribution in [2.24, 2.45) is 0 Å². The van der Waals surface area contributed by atoms with Gasteiger partial charge >= 0.3 is 0 Å². The van der Waals surface area contributed by atoms with Crippen LogP contribution in [0, 0.1) is 6.92 Å². The summed E-state index contributed by atoms with van der Waals surface area (Å²) in [5.41, 5.74) is 0.634.